The van der Waals surface area contributed by atoms with Crippen molar-refractivity contribution in [2.75, 3.05) is 6.61 Å². The van der Waals surface area contributed by atoms with E-state index in [1.807, 2.05) is 36.5 Å². The molecule has 3 nitrogen and oxygen atoms in total. The van der Waals surface area contributed by atoms with Crippen molar-refractivity contribution in [1.82, 2.24) is 4.98 Å². The Bertz CT molecular complexity index is 850. The molecule has 1 aliphatic heterocycles. The molecule has 1 aromatic heterocycles. The lowest BCUT2D eigenvalue weighted by Gasteiger charge is -2.19. The molecule has 0 spiro atoms. The number of aromatic hydroxyl groups is 1. The molecular weight excluding hydrogens is 334 g/mol. The molecule has 1 N–H and O–H groups in total. The Morgan fingerprint density at radius 3 is 2.85 bits per heavy atom. The first-order valence-electron chi connectivity index (χ1n) is 9.46. The highest BCUT2D eigenvalue weighted by atomic mass is 16.5. The maximum absolute atomic E-state index is 9.76. The molecule has 140 valence electrons. The summed E-state index contributed by atoms with van der Waals surface area (Å²) in [6.07, 6.45) is 7.85. The minimum absolute atomic E-state index is 0.0798. The van der Waals surface area contributed by atoms with Crippen LogP contribution in [0.5, 0.6) is 5.75 Å². The third-order valence-corrected chi connectivity index (χ3v) is 4.90. The molecular formula is C24H27NO2. The number of hydrogen-bond donors (Lipinski definition) is 1. The Morgan fingerprint density at radius 2 is 2.15 bits per heavy atom. The van der Waals surface area contributed by atoms with E-state index in [0.717, 1.165) is 35.2 Å². The minimum atomic E-state index is 0.0798. The number of pyridine rings is 1. The molecule has 0 saturated carbocycles. The predicted molar refractivity (Wildman–Crippen MR) is 111 cm³/mol. The lowest BCUT2D eigenvalue weighted by Crippen LogP contribution is -2.13. The molecule has 0 saturated heterocycles. The van der Waals surface area contributed by atoms with Gasteiger partial charge >= 0.3 is 0 Å². The van der Waals surface area contributed by atoms with Gasteiger partial charge in [-0.25, -0.2) is 0 Å². The Hall–Kier alpha value is -2.65. The second-order valence-corrected chi connectivity index (χ2v) is 7.18. The maximum Gasteiger partial charge on any atom is 0.116 e. The van der Waals surface area contributed by atoms with Crippen LogP contribution in [0.3, 0.4) is 0 Å². The third kappa shape index (κ3) is 4.95. The van der Waals surface area contributed by atoms with Crippen LogP contribution in [0.4, 0.5) is 0 Å². The van der Waals surface area contributed by atoms with Gasteiger partial charge in [-0.3, -0.25) is 4.98 Å². The molecule has 2 heterocycles. The van der Waals surface area contributed by atoms with Gasteiger partial charge in [-0.05, 0) is 71.4 Å². The fraction of sp³-hybridized carbons (Fsp3) is 0.292. The number of ether oxygens (including phenoxy) is 1. The normalized spacial score (nSPS) is 17.2. The van der Waals surface area contributed by atoms with Gasteiger partial charge in [-0.15, -0.1) is 0 Å². The van der Waals surface area contributed by atoms with E-state index in [0.29, 0.717) is 12.5 Å². The van der Waals surface area contributed by atoms with Gasteiger partial charge in [0.1, 0.15) is 5.75 Å². The summed E-state index contributed by atoms with van der Waals surface area (Å²) in [7, 11) is 0. The highest BCUT2D eigenvalue weighted by Gasteiger charge is 2.23. The van der Waals surface area contributed by atoms with Crippen molar-refractivity contribution in [2.45, 2.75) is 32.8 Å². The fourth-order valence-corrected chi connectivity index (χ4v) is 3.31. The third-order valence-electron chi connectivity index (χ3n) is 4.90. The molecule has 1 atom stereocenters. The van der Waals surface area contributed by atoms with Crippen LogP contribution in [0, 0.1) is 5.92 Å². The molecule has 0 amide bonds. The van der Waals surface area contributed by atoms with Gasteiger partial charge in [0.2, 0.25) is 0 Å². The monoisotopic (exact) mass is 361 g/mol. The molecule has 0 bridgehead atoms. The average Bonchev–Trinajstić information content (AvgIpc) is 3.13. The van der Waals surface area contributed by atoms with Gasteiger partial charge in [0.25, 0.3) is 0 Å². The number of aromatic nitrogens is 1. The van der Waals surface area contributed by atoms with Crippen molar-refractivity contribution >= 4 is 11.6 Å². The second kappa shape index (κ2) is 8.83. The van der Waals surface area contributed by atoms with Crippen molar-refractivity contribution < 1.29 is 9.84 Å². The largest absolute Gasteiger partial charge is 0.508 e. The van der Waals surface area contributed by atoms with E-state index in [2.05, 4.69) is 37.6 Å². The smallest absolute Gasteiger partial charge is 0.116 e. The van der Waals surface area contributed by atoms with Crippen LogP contribution in [0.25, 0.3) is 11.6 Å². The maximum atomic E-state index is 9.76. The second-order valence-electron chi connectivity index (χ2n) is 7.18. The molecule has 1 unspecified atom stereocenters. The summed E-state index contributed by atoms with van der Waals surface area (Å²) in [6.45, 7) is 9.23. The minimum Gasteiger partial charge on any atom is -0.508 e. The fourth-order valence-electron chi connectivity index (χ4n) is 3.31. The van der Waals surface area contributed by atoms with Crippen LogP contribution in [-0.4, -0.2) is 22.8 Å². The van der Waals surface area contributed by atoms with Crippen molar-refractivity contribution in [1.29, 1.82) is 0 Å². The average molecular weight is 361 g/mol. The van der Waals surface area contributed by atoms with Gasteiger partial charge in [-0.2, -0.15) is 0 Å². The summed E-state index contributed by atoms with van der Waals surface area (Å²) in [5.41, 5.74) is 5.44. The first kappa shape index (κ1) is 19.1. The number of rotatable bonds is 7. The summed E-state index contributed by atoms with van der Waals surface area (Å²) in [5.74, 6) is 0.681. The van der Waals surface area contributed by atoms with Crippen LogP contribution in [0.2, 0.25) is 0 Å². The zero-order valence-corrected chi connectivity index (χ0v) is 16.1. The number of phenolic OH excluding ortho intramolecular Hbond substituents is 1. The van der Waals surface area contributed by atoms with Crippen LogP contribution < -0.4 is 0 Å². The number of hydrogen-bond acceptors (Lipinski definition) is 3. The van der Waals surface area contributed by atoms with E-state index < -0.39 is 0 Å². The van der Waals surface area contributed by atoms with E-state index in [9.17, 15) is 5.11 Å². The Kier molecular flexibility index (Phi) is 6.25. The number of phenols is 1. The van der Waals surface area contributed by atoms with E-state index in [-0.39, 0.29) is 11.9 Å². The summed E-state index contributed by atoms with van der Waals surface area (Å²) >= 11 is 0. The van der Waals surface area contributed by atoms with Gasteiger partial charge in [0, 0.05) is 6.20 Å². The molecule has 27 heavy (non-hydrogen) atoms. The van der Waals surface area contributed by atoms with E-state index in [4.69, 9.17) is 4.74 Å². The molecule has 0 fully saturated rings. The standard InChI is InChI=1S/C24H27NO2/c1-17(2)18(3)22-12-14-27-24(22)11-10-20(23-9-4-5-13-25-23)15-19-7-6-8-21(26)16-19/h4-9,12-13,15-17,24,26H,3,10-11,14H2,1-2H3/b20-15-. The molecule has 2 aromatic rings. The van der Waals surface area contributed by atoms with Crippen molar-refractivity contribution in [3.05, 3.63) is 83.7 Å². The van der Waals surface area contributed by atoms with Crippen LogP contribution in [-0.2, 0) is 4.74 Å². The van der Waals surface area contributed by atoms with Gasteiger partial charge in [0.15, 0.2) is 0 Å². The Labute approximate surface area is 161 Å². The Balaban J connectivity index is 1.81. The van der Waals surface area contributed by atoms with Gasteiger partial charge < -0.3 is 9.84 Å². The number of allylic oxidation sites excluding steroid dienone is 1. The molecule has 3 heteroatoms. The predicted octanol–water partition coefficient (Wildman–Crippen LogP) is 5.65. The van der Waals surface area contributed by atoms with Crippen molar-refractivity contribution in [3.8, 4) is 5.75 Å². The van der Waals surface area contributed by atoms with Gasteiger partial charge in [0.05, 0.1) is 18.4 Å². The summed E-state index contributed by atoms with van der Waals surface area (Å²) in [4.78, 5) is 4.52. The van der Waals surface area contributed by atoms with E-state index in [1.54, 1.807) is 12.1 Å². The number of benzene rings is 1. The first-order chi connectivity index (χ1) is 13.0. The van der Waals surface area contributed by atoms with Crippen LogP contribution >= 0.6 is 0 Å². The van der Waals surface area contributed by atoms with Crippen molar-refractivity contribution in [2.24, 2.45) is 5.92 Å². The SMILES string of the molecule is C=C(C1=CCOC1CC/C(=C/c1cccc(O)c1)c1ccccn1)C(C)C. The van der Waals surface area contributed by atoms with E-state index >= 15 is 0 Å². The Morgan fingerprint density at radius 1 is 1.30 bits per heavy atom. The van der Waals surface area contributed by atoms with Crippen LogP contribution in [0.1, 0.15) is 37.9 Å². The van der Waals surface area contributed by atoms with Crippen molar-refractivity contribution in [3.63, 3.8) is 0 Å². The summed E-state index contributed by atoms with van der Waals surface area (Å²) < 4.78 is 5.95. The highest BCUT2D eigenvalue weighted by molar-refractivity contribution is 5.80. The lowest BCUT2D eigenvalue weighted by molar-refractivity contribution is 0.117. The summed E-state index contributed by atoms with van der Waals surface area (Å²) in [6, 6.07) is 13.2. The zero-order valence-electron chi connectivity index (χ0n) is 16.1. The molecule has 0 radical (unpaired) electrons. The lowest BCUT2D eigenvalue weighted by atomic mass is 9.90. The first-order valence-corrected chi connectivity index (χ1v) is 9.46. The quantitative estimate of drug-likeness (QED) is 0.693. The summed E-state index contributed by atoms with van der Waals surface area (Å²) in [5, 5.41) is 9.76. The molecule has 3 rings (SSSR count). The topological polar surface area (TPSA) is 42.4 Å². The molecule has 1 aromatic carbocycles. The van der Waals surface area contributed by atoms with E-state index in [1.165, 1.54) is 5.57 Å². The highest BCUT2D eigenvalue weighted by Crippen LogP contribution is 2.32. The van der Waals surface area contributed by atoms with Crippen LogP contribution in [0.15, 0.2) is 72.5 Å². The molecule has 1 aliphatic rings. The molecule has 0 aliphatic carbocycles. The van der Waals surface area contributed by atoms with Gasteiger partial charge in [-0.1, -0.05) is 44.7 Å². The number of nitrogens with zero attached hydrogens (tertiary/aromatic N) is 1. The zero-order chi connectivity index (χ0) is 19.2.